The van der Waals surface area contributed by atoms with Gasteiger partial charge in [0.05, 0.1) is 6.26 Å². The van der Waals surface area contributed by atoms with Crippen molar-refractivity contribution in [3.05, 3.63) is 48.2 Å². The molecule has 0 radical (unpaired) electrons. The molecule has 0 amide bonds. The highest BCUT2D eigenvalue weighted by molar-refractivity contribution is 7.20. The fourth-order valence-electron chi connectivity index (χ4n) is 2.07. The van der Waals surface area contributed by atoms with Crippen LogP contribution in [-0.2, 0) is 0 Å². The molecule has 3 aromatic heterocycles. The van der Waals surface area contributed by atoms with E-state index < -0.39 is 0 Å². The van der Waals surface area contributed by atoms with Gasteiger partial charge in [0.2, 0.25) is 15.9 Å². The van der Waals surface area contributed by atoms with Crippen LogP contribution in [0.4, 0.5) is 10.8 Å². The quantitative estimate of drug-likeness (QED) is 0.627. The molecule has 0 aliphatic heterocycles. The zero-order chi connectivity index (χ0) is 14.2. The lowest BCUT2D eigenvalue weighted by molar-refractivity contribution is 0.575. The van der Waals surface area contributed by atoms with E-state index in [1.165, 1.54) is 16.9 Å². The van der Waals surface area contributed by atoms with Crippen molar-refractivity contribution in [2.75, 3.05) is 5.32 Å². The number of nitrogens with zero attached hydrogens (tertiary/aromatic N) is 4. The zero-order valence-corrected chi connectivity index (χ0v) is 12.0. The lowest BCUT2D eigenvalue weighted by atomic mass is 10.2. The van der Waals surface area contributed by atoms with E-state index in [0.29, 0.717) is 11.6 Å². The molecule has 0 saturated carbocycles. The van der Waals surface area contributed by atoms with Crippen molar-refractivity contribution < 1.29 is 4.42 Å². The van der Waals surface area contributed by atoms with Crippen LogP contribution < -0.4 is 5.32 Å². The Labute approximate surface area is 124 Å². The van der Waals surface area contributed by atoms with Crippen molar-refractivity contribution >= 4 is 27.1 Å². The van der Waals surface area contributed by atoms with Crippen LogP contribution in [0.25, 0.3) is 16.5 Å². The fraction of sp³-hybridized carbons (Fsp3) is 0.0714. The predicted molar refractivity (Wildman–Crippen MR) is 80.8 cm³/mol. The number of fused-ring (bicyclic) bond motifs is 1. The summed E-state index contributed by atoms with van der Waals surface area (Å²) in [7, 11) is 0. The first-order valence-corrected chi connectivity index (χ1v) is 7.21. The van der Waals surface area contributed by atoms with Crippen LogP contribution in [0.3, 0.4) is 0 Å². The Morgan fingerprint density at radius 2 is 2.14 bits per heavy atom. The molecule has 0 aliphatic carbocycles. The molecule has 6 nitrogen and oxygen atoms in total. The van der Waals surface area contributed by atoms with E-state index >= 15 is 0 Å². The van der Waals surface area contributed by atoms with E-state index in [9.17, 15) is 0 Å². The predicted octanol–water partition coefficient (Wildman–Crippen LogP) is 3.50. The lowest BCUT2D eigenvalue weighted by Gasteiger charge is -2.02. The van der Waals surface area contributed by atoms with E-state index in [4.69, 9.17) is 4.42 Å². The minimum absolute atomic E-state index is 0.601. The lowest BCUT2D eigenvalue weighted by Crippen LogP contribution is -1.93. The van der Waals surface area contributed by atoms with Gasteiger partial charge in [-0.15, -0.1) is 15.3 Å². The standard InChI is InChI=1S/C14H11N5OS/c1-9-4-2-5-10(8-9)15-13-18-19-12(11-6-3-7-20-11)16-17-14(19)21-13/h2-8H,1H3,(H,15,18). The maximum atomic E-state index is 5.35. The Bertz CT molecular complexity index is 893. The first kappa shape index (κ1) is 12.1. The summed E-state index contributed by atoms with van der Waals surface area (Å²) in [6.07, 6.45) is 1.61. The van der Waals surface area contributed by atoms with Gasteiger partial charge in [-0.3, -0.25) is 0 Å². The number of furan rings is 1. The third-order valence-corrected chi connectivity index (χ3v) is 3.82. The Morgan fingerprint density at radius 1 is 1.19 bits per heavy atom. The smallest absolute Gasteiger partial charge is 0.236 e. The van der Waals surface area contributed by atoms with E-state index in [2.05, 4.69) is 39.7 Å². The first-order valence-electron chi connectivity index (χ1n) is 6.39. The summed E-state index contributed by atoms with van der Waals surface area (Å²) in [4.78, 5) is 0.719. The minimum Gasteiger partial charge on any atom is -0.461 e. The fourth-order valence-corrected chi connectivity index (χ4v) is 2.83. The molecule has 1 N–H and O–H groups in total. The van der Waals surface area contributed by atoms with Crippen LogP contribution >= 0.6 is 11.3 Å². The largest absolute Gasteiger partial charge is 0.461 e. The van der Waals surface area contributed by atoms with Crippen LogP contribution in [0, 0.1) is 6.92 Å². The number of anilines is 2. The van der Waals surface area contributed by atoms with Gasteiger partial charge in [-0.2, -0.15) is 4.52 Å². The minimum atomic E-state index is 0.601. The monoisotopic (exact) mass is 297 g/mol. The molecule has 0 unspecified atom stereocenters. The Hall–Kier alpha value is -2.67. The van der Waals surface area contributed by atoms with Gasteiger partial charge in [0.25, 0.3) is 0 Å². The van der Waals surface area contributed by atoms with Gasteiger partial charge in [0, 0.05) is 5.69 Å². The Balaban J connectivity index is 1.71. The summed E-state index contributed by atoms with van der Waals surface area (Å²) in [6.45, 7) is 2.05. The van der Waals surface area contributed by atoms with Gasteiger partial charge in [-0.1, -0.05) is 23.5 Å². The van der Waals surface area contributed by atoms with Crippen molar-refractivity contribution in [1.82, 2.24) is 19.8 Å². The summed E-state index contributed by atoms with van der Waals surface area (Å²) in [5.74, 6) is 1.25. The number of benzene rings is 1. The van der Waals surface area contributed by atoms with Crippen LogP contribution in [0.15, 0.2) is 47.1 Å². The second-order valence-electron chi connectivity index (χ2n) is 4.60. The van der Waals surface area contributed by atoms with E-state index in [0.717, 1.165) is 15.8 Å². The van der Waals surface area contributed by atoms with Crippen molar-refractivity contribution in [3.63, 3.8) is 0 Å². The molecule has 3 heterocycles. The maximum absolute atomic E-state index is 5.35. The second-order valence-corrected chi connectivity index (χ2v) is 5.55. The number of hydrogen-bond donors (Lipinski definition) is 1. The van der Waals surface area contributed by atoms with Crippen molar-refractivity contribution in [1.29, 1.82) is 0 Å². The summed E-state index contributed by atoms with van der Waals surface area (Å²) >= 11 is 1.44. The average molecular weight is 297 g/mol. The van der Waals surface area contributed by atoms with Crippen LogP contribution in [0.1, 0.15) is 5.56 Å². The average Bonchev–Trinajstić information content (AvgIpc) is 3.14. The summed E-state index contributed by atoms with van der Waals surface area (Å²) in [5, 5.41) is 16.8. The molecule has 0 saturated heterocycles. The number of aromatic nitrogens is 4. The molecule has 21 heavy (non-hydrogen) atoms. The maximum Gasteiger partial charge on any atom is 0.236 e. The molecule has 4 rings (SSSR count). The third-order valence-electron chi connectivity index (χ3n) is 3.00. The van der Waals surface area contributed by atoms with Crippen LogP contribution in [0.2, 0.25) is 0 Å². The number of aryl methyl sites for hydroxylation is 1. The molecule has 7 heteroatoms. The molecule has 0 bridgehead atoms. The van der Waals surface area contributed by atoms with Crippen molar-refractivity contribution in [3.8, 4) is 11.6 Å². The molecule has 0 spiro atoms. The zero-order valence-electron chi connectivity index (χ0n) is 11.1. The van der Waals surface area contributed by atoms with E-state index in [-0.39, 0.29) is 0 Å². The van der Waals surface area contributed by atoms with E-state index in [1.54, 1.807) is 10.8 Å². The third kappa shape index (κ3) is 2.17. The highest BCUT2D eigenvalue weighted by atomic mass is 32.1. The van der Waals surface area contributed by atoms with Crippen LogP contribution in [0.5, 0.6) is 0 Å². The molecule has 0 fully saturated rings. The van der Waals surface area contributed by atoms with Crippen molar-refractivity contribution in [2.45, 2.75) is 6.92 Å². The van der Waals surface area contributed by atoms with Gasteiger partial charge in [-0.25, -0.2) is 0 Å². The Kier molecular flexibility index (Phi) is 2.71. The number of hydrogen-bond acceptors (Lipinski definition) is 6. The molecule has 0 aliphatic rings. The number of nitrogens with one attached hydrogen (secondary N) is 1. The summed E-state index contributed by atoms with van der Waals surface area (Å²) < 4.78 is 7.03. The van der Waals surface area contributed by atoms with Gasteiger partial charge in [0.15, 0.2) is 5.76 Å². The molecular weight excluding hydrogens is 286 g/mol. The van der Waals surface area contributed by atoms with E-state index in [1.807, 2.05) is 24.3 Å². The molecule has 4 aromatic rings. The first-order chi connectivity index (χ1) is 10.3. The molecule has 1 aromatic carbocycles. The molecule has 104 valence electrons. The topological polar surface area (TPSA) is 68.2 Å². The van der Waals surface area contributed by atoms with Gasteiger partial charge >= 0.3 is 0 Å². The summed E-state index contributed by atoms with van der Waals surface area (Å²) in [6, 6.07) is 11.8. The normalized spacial score (nSPS) is 11.1. The SMILES string of the molecule is Cc1cccc(Nc2nn3c(-c4ccco4)nnc3s2)c1. The summed E-state index contributed by atoms with van der Waals surface area (Å²) in [5.41, 5.74) is 2.19. The highest BCUT2D eigenvalue weighted by Crippen LogP contribution is 2.26. The Morgan fingerprint density at radius 3 is 2.95 bits per heavy atom. The second kappa shape index (κ2) is 4.71. The number of rotatable bonds is 3. The highest BCUT2D eigenvalue weighted by Gasteiger charge is 2.15. The van der Waals surface area contributed by atoms with Gasteiger partial charge in [-0.05, 0) is 36.8 Å². The molecule has 0 atom stereocenters. The van der Waals surface area contributed by atoms with Gasteiger partial charge in [0.1, 0.15) is 0 Å². The van der Waals surface area contributed by atoms with Crippen molar-refractivity contribution in [2.24, 2.45) is 0 Å². The molecular formula is C14H11N5OS. The van der Waals surface area contributed by atoms with Gasteiger partial charge < -0.3 is 9.73 Å². The van der Waals surface area contributed by atoms with Crippen LogP contribution in [-0.4, -0.2) is 19.8 Å².